The van der Waals surface area contributed by atoms with E-state index in [2.05, 4.69) is 10.4 Å². The third-order valence-corrected chi connectivity index (χ3v) is 1.68. The Morgan fingerprint density at radius 2 is 2.27 bits per heavy atom. The maximum absolute atomic E-state index is 5.44. The zero-order chi connectivity index (χ0) is 11.1. The van der Waals surface area contributed by atoms with E-state index in [0.717, 1.165) is 5.75 Å². The largest absolute Gasteiger partial charge is 0.491 e. The summed E-state index contributed by atoms with van der Waals surface area (Å²) in [6, 6.07) is 3.51. The van der Waals surface area contributed by atoms with Crippen LogP contribution >= 0.6 is 0 Å². The summed E-state index contributed by atoms with van der Waals surface area (Å²) in [5, 5.41) is 0. The van der Waals surface area contributed by atoms with E-state index in [1.54, 1.807) is 18.3 Å². The van der Waals surface area contributed by atoms with Crippen LogP contribution in [0.1, 0.15) is 13.8 Å². The Bertz CT molecular complexity index is 292. The molecular formula is C10H17N3O2. The van der Waals surface area contributed by atoms with Crippen molar-refractivity contribution in [2.75, 3.05) is 18.6 Å². The lowest BCUT2D eigenvalue weighted by Crippen LogP contribution is -2.12. The van der Waals surface area contributed by atoms with Gasteiger partial charge in [-0.15, -0.1) is 0 Å². The first-order chi connectivity index (χ1) is 7.22. The van der Waals surface area contributed by atoms with Crippen molar-refractivity contribution in [2.45, 2.75) is 20.0 Å². The summed E-state index contributed by atoms with van der Waals surface area (Å²) in [5.74, 6) is 6.53. The molecule has 5 heteroatoms. The third kappa shape index (κ3) is 4.62. The Labute approximate surface area is 89.6 Å². The minimum absolute atomic E-state index is 0.229. The van der Waals surface area contributed by atoms with Gasteiger partial charge in [-0.2, -0.15) is 0 Å². The number of hydrazine groups is 1. The molecule has 0 aromatic carbocycles. The molecule has 15 heavy (non-hydrogen) atoms. The number of rotatable bonds is 6. The van der Waals surface area contributed by atoms with Gasteiger partial charge in [-0.3, -0.25) is 0 Å². The predicted molar refractivity (Wildman–Crippen MR) is 58.6 cm³/mol. The molecule has 0 spiro atoms. The van der Waals surface area contributed by atoms with Crippen molar-refractivity contribution in [3.63, 3.8) is 0 Å². The zero-order valence-electron chi connectivity index (χ0n) is 9.06. The van der Waals surface area contributed by atoms with Crippen molar-refractivity contribution in [3.8, 4) is 5.75 Å². The normalized spacial score (nSPS) is 10.4. The Hall–Kier alpha value is -1.33. The topological polar surface area (TPSA) is 69.4 Å². The fourth-order valence-corrected chi connectivity index (χ4v) is 1.02. The molecule has 0 unspecified atom stereocenters. The number of hydrogen-bond acceptors (Lipinski definition) is 5. The molecule has 0 atom stereocenters. The van der Waals surface area contributed by atoms with Gasteiger partial charge in [0, 0.05) is 12.3 Å². The maximum atomic E-state index is 5.44. The second-order valence-electron chi connectivity index (χ2n) is 3.29. The van der Waals surface area contributed by atoms with E-state index in [1.165, 1.54) is 0 Å². The van der Waals surface area contributed by atoms with E-state index in [0.29, 0.717) is 19.0 Å². The molecule has 0 saturated carbocycles. The first-order valence-electron chi connectivity index (χ1n) is 4.89. The summed E-state index contributed by atoms with van der Waals surface area (Å²) in [4.78, 5) is 3.97. The van der Waals surface area contributed by atoms with Crippen LogP contribution in [-0.2, 0) is 4.74 Å². The van der Waals surface area contributed by atoms with Crippen molar-refractivity contribution in [1.82, 2.24) is 4.98 Å². The molecular weight excluding hydrogens is 194 g/mol. The summed E-state index contributed by atoms with van der Waals surface area (Å²) >= 11 is 0. The molecule has 0 fully saturated rings. The molecule has 0 aliphatic rings. The number of nitrogens with two attached hydrogens (primary N) is 1. The number of nitrogens with one attached hydrogen (secondary N) is 1. The van der Waals surface area contributed by atoms with Gasteiger partial charge in [0.2, 0.25) is 0 Å². The average Bonchev–Trinajstić information content (AvgIpc) is 2.24. The minimum Gasteiger partial charge on any atom is -0.491 e. The highest BCUT2D eigenvalue weighted by Gasteiger charge is 1.97. The van der Waals surface area contributed by atoms with Crippen LogP contribution in [0.2, 0.25) is 0 Å². The van der Waals surface area contributed by atoms with E-state index in [1.807, 2.05) is 13.8 Å². The van der Waals surface area contributed by atoms with Gasteiger partial charge in [-0.05, 0) is 19.9 Å². The lowest BCUT2D eigenvalue weighted by atomic mass is 10.4. The SMILES string of the molecule is CC(C)OCCOc1ccnc(NN)c1. The van der Waals surface area contributed by atoms with Crippen LogP contribution in [0.3, 0.4) is 0 Å². The Kier molecular flexibility index (Phi) is 4.86. The zero-order valence-corrected chi connectivity index (χ0v) is 9.06. The highest BCUT2D eigenvalue weighted by atomic mass is 16.5. The minimum atomic E-state index is 0.229. The second kappa shape index (κ2) is 6.21. The molecule has 0 amide bonds. The van der Waals surface area contributed by atoms with Gasteiger partial charge in [0.25, 0.3) is 0 Å². The molecule has 1 aromatic heterocycles. The fraction of sp³-hybridized carbons (Fsp3) is 0.500. The van der Waals surface area contributed by atoms with Gasteiger partial charge in [0.15, 0.2) is 0 Å². The Morgan fingerprint density at radius 3 is 2.93 bits per heavy atom. The Balaban J connectivity index is 2.30. The van der Waals surface area contributed by atoms with Crippen LogP contribution in [0.15, 0.2) is 18.3 Å². The van der Waals surface area contributed by atoms with Crippen molar-refractivity contribution in [3.05, 3.63) is 18.3 Å². The summed E-state index contributed by atoms with van der Waals surface area (Å²) in [6.07, 6.45) is 1.86. The molecule has 3 N–H and O–H groups in total. The second-order valence-corrected chi connectivity index (χ2v) is 3.29. The van der Waals surface area contributed by atoms with Gasteiger partial charge in [0.1, 0.15) is 18.2 Å². The lowest BCUT2D eigenvalue weighted by Gasteiger charge is -2.09. The predicted octanol–water partition coefficient (Wildman–Crippen LogP) is 1.17. The molecule has 0 saturated heterocycles. The number of anilines is 1. The number of nitrogens with zero attached hydrogens (tertiary/aromatic N) is 1. The van der Waals surface area contributed by atoms with E-state index in [-0.39, 0.29) is 6.10 Å². The van der Waals surface area contributed by atoms with Crippen LogP contribution in [0.4, 0.5) is 5.82 Å². The average molecular weight is 211 g/mol. The van der Waals surface area contributed by atoms with Crippen molar-refractivity contribution >= 4 is 5.82 Å². The highest BCUT2D eigenvalue weighted by molar-refractivity contribution is 5.39. The number of hydrogen-bond donors (Lipinski definition) is 2. The van der Waals surface area contributed by atoms with Crippen molar-refractivity contribution in [2.24, 2.45) is 5.84 Å². The van der Waals surface area contributed by atoms with Gasteiger partial charge in [-0.25, -0.2) is 10.8 Å². The third-order valence-electron chi connectivity index (χ3n) is 1.68. The molecule has 0 aliphatic heterocycles. The first-order valence-corrected chi connectivity index (χ1v) is 4.89. The number of aromatic nitrogens is 1. The summed E-state index contributed by atoms with van der Waals surface area (Å²) in [5.41, 5.74) is 2.45. The van der Waals surface area contributed by atoms with Gasteiger partial charge in [-0.1, -0.05) is 0 Å². The standard InChI is InChI=1S/C10H17N3O2/c1-8(2)14-5-6-15-9-3-4-12-10(7-9)13-11/h3-4,7-8H,5-6,11H2,1-2H3,(H,12,13). The molecule has 1 heterocycles. The maximum Gasteiger partial charge on any atom is 0.143 e. The highest BCUT2D eigenvalue weighted by Crippen LogP contribution is 2.13. The smallest absolute Gasteiger partial charge is 0.143 e. The monoisotopic (exact) mass is 211 g/mol. The number of nitrogen functional groups attached to an aromatic ring is 1. The van der Waals surface area contributed by atoms with Gasteiger partial charge < -0.3 is 14.9 Å². The molecule has 0 radical (unpaired) electrons. The van der Waals surface area contributed by atoms with Crippen LogP contribution in [0, 0.1) is 0 Å². The van der Waals surface area contributed by atoms with Crippen LogP contribution < -0.4 is 16.0 Å². The van der Waals surface area contributed by atoms with Crippen LogP contribution in [0.5, 0.6) is 5.75 Å². The molecule has 0 bridgehead atoms. The van der Waals surface area contributed by atoms with Crippen LogP contribution in [0.25, 0.3) is 0 Å². The van der Waals surface area contributed by atoms with E-state index >= 15 is 0 Å². The summed E-state index contributed by atoms with van der Waals surface area (Å²) < 4.78 is 10.8. The molecule has 0 aliphatic carbocycles. The molecule has 1 aromatic rings. The van der Waals surface area contributed by atoms with Gasteiger partial charge >= 0.3 is 0 Å². The van der Waals surface area contributed by atoms with Crippen LogP contribution in [-0.4, -0.2) is 24.3 Å². The molecule has 84 valence electrons. The number of ether oxygens (including phenoxy) is 2. The molecule has 1 rings (SSSR count). The Morgan fingerprint density at radius 1 is 1.47 bits per heavy atom. The lowest BCUT2D eigenvalue weighted by molar-refractivity contribution is 0.0552. The summed E-state index contributed by atoms with van der Waals surface area (Å²) in [7, 11) is 0. The van der Waals surface area contributed by atoms with E-state index in [9.17, 15) is 0 Å². The molecule has 5 nitrogen and oxygen atoms in total. The fourth-order valence-electron chi connectivity index (χ4n) is 1.02. The van der Waals surface area contributed by atoms with E-state index < -0.39 is 0 Å². The quantitative estimate of drug-likeness (QED) is 0.420. The van der Waals surface area contributed by atoms with Crippen molar-refractivity contribution in [1.29, 1.82) is 0 Å². The van der Waals surface area contributed by atoms with Crippen molar-refractivity contribution < 1.29 is 9.47 Å². The van der Waals surface area contributed by atoms with E-state index in [4.69, 9.17) is 15.3 Å². The number of pyridine rings is 1. The first kappa shape index (κ1) is 11.7. The van der Waals surface area contributed by atoms with Gasteiger partial charge in [0.05, 0.1) is 12.7 Å². The summed E-state index contributed by atoms with van der Waals surface area (Å²) in [6.45, 7) is 5.07.